The van der Waals surface area contributed by atoms with E-state index in [1.807, 2.05) is 0 Å². The molecule has 21 heavy (non-hydrogen) atoms. The van der Waals surface area contributed by atoms with Crippen molar-refractivity contribution in [1.82, 2.24) is 4.90 Å². The van der Waals surface area contributed by atoms with Gasteiger partial charge in [0.05, 0.1) is 19.1 Å². The van der Waals surface area contributed by atoms with Crippen molar-refractivity contribution >= 4 is 11.9 Å². The number of carbonyl (C=O) groups is 2. The second-order valence-electron chi connectivity index (χ2n) is 5.32. The zero-order chi connectivity index (χ0) is 15.7. The topological polar surface area (TPSA) is 66.8 Å². The number of hydrogen-bond donors (Lipinski definition) is 1. The Morgan fingerprint density at radius 2 is 2.19 bits per heavy atom. The molecule has 1 aliphatic heterocycles. The smallest absolute Gasteiger partial charge is 0.306 e. The Kier molecular flexibility index (Phi) is 4.16. The Balaban J connectivity index is 2.22. The molecule has 0 spiro atoms. The molecule has 1 amide bonds. The largest absolute Gasteiger partial charge is 0.497 e. The molecule has 0 saturated heterocycles. The lowest BCUT2D eigenvalue weighted by molar-refractivity contribution is -0.146. The van der Waals surface area contributed by atoms with Crippen LogP contribution in [0.5, 0.6) is 5.75 Å². The van der Waals surface area contributed by atoms with Crippen molar-refractivity contribution in [2.75, 3.05) is 7.11 Å². The SMILES string of the molecule is COc1cc(F)c2c(c1)CN(C(=O)C[C@H](C)C(=O)O)C2C. The van der Waals surface area contributed by atoms with Crippen molar-refractivity contribution in [3.8, 4) is 5.75 Å². The minimum atomic E-state index is -1.01. The first-order chi connectivity index (χ1) is 9.85. The molecule has 0 bridgehead atoms. The van der Waals surface area contributed by atoms with Gasteiger partial charge in [-0.1, -0.05) is 6.92 Å². The summed E-state index contributed by atoms with van der Waals surface area (Å²) in [5, 5.41) is 8.88. The number of carboxylic acid groups (broad SMARTS) is 1. The third-order valence-corrected chi connectivity index (χ3v) is 3.87. The van der Waals surface area contributed by atoms with E-state index in [1.165, 1.54) is 25.0 Å². The van der Waals surface area contributed by atoms with E-state index in [4.69, 9.17) is 9.84 Å². The summed E-state index contributed by atoms with van der Waals surface area (Å²) < 4.78 is 19.1. The number of ether oxygens (including phenoxy) is 1. The van der Waals surface area contributed by atoms with Crippen LogP contribution in [0.15, 0.2) is 12.1 Å². The number of nitrogens with zero attached hydrogens (tertiary/aromatic N) is 1. The maximum atomic E-state index is 14.1. The summed E-state index contributed by atoms with van der Waals surface area (Å²) in [5.41, 5.74) is 1.18. The van der Waals surface area contributed by atoms with Crippen LogP contribution in [0, 0.1) is 11.7 Å². The molecule has 2 rings (SSSR count). The maximum absolute atomic E-state index is 14.1. The van der Waals surface area contributed by atoms with E-state index in [-0.39, 0.29) is 18.9 Å². The standard InChI is InChI=1S/C15H18FNO4/c1-8(15(19)20)4-13(18)17-7-10-5-11(21-3)6-12(16)14(10)9(17)2/h5-6,8-9H,4,7H2,1-3H3,(H,19,20)/t8-,9?/m0/s1. The lowest BCUT2D eigenvalue weighted by atomic mass is 10.0. The van der Waals surface area contributed by atoms with Crippen LogP contribution >= 0.6 is 0 Å². The number of amides is 1. The first-order valence-electron chi connectivity index (χ1n) is 6.73. The van der Waals surface area contributed by atoms with Gasteiger partial charge < -0.3 is 14.7 Å². The molecular formula is C15H18FNO4. The molecule has 0 fully saturated rings. The van der Waals surface area contributed by atoms with Gasteiger partial charge in [0.2, 0.25) is 5.91 Å². The molecule has 2 atom stereocenters. The van der Waals surface area contributed by atoms with Gasteiger partial charge in [0.15, 0.2) is 0 Å². The number of methoxy groups -OCH3 is 1. The monoisotopic (exact) mass is 295 g/mol. The van der Waals surface area contributed by atoms with Crippen LogP contribution in [0.1, 0.15) is 37.4 Å². The van der Waals surface area contributed by atoms with Gasteiger partial charge in [-0.05, 0) is 18.6 Å². The molecule has 6 heteroatoms. The zero-order valence-electron chi connectivity index (χ0n) is 12.2. The van der Waals surface area contributed by atoms with Crippen molar-refractivity contribution in [3.05, 3.63) is 29.1 Å². The van der Waals surface area contributed by atoms with Crippen LogP contribution in [0.4, 0.5) is 4.39 Å². The highest BCUT2D eigenvalue weighted by molar-refractivity contribution is 5.83. The quantitative estimate of drug-likeness (QED) is 0.926. The van der Waals surface area contributed by atoms with Crippen molar-refractivity contribution in [3.63, 3.8) is 0 Å². The van der Waals surface area contributed by atoms with Crippen LogP contribution in [-0.4, -0.2) is 29.0 Å². The summed E-state index contributed by atoms with van der Waals surface area (Å²) in [6.07, 6.45) is -0.0909. The number of carbonyl (C=O) groups excluding carboxylic acids is 1. The summed E-state index contributed by atoms with van der Waals surface area (Å²) in [7, 11) is 1.46. The Morgan fingerprint density at radius 3 is 2.76 bits per heavy atom. The average molecular weight is 295 g/mol. The van der Waals surface area contributed by atoms with Crippen LogP contribution < -0.4 is 4.74 Å². The van der Waals surface area contributed by atoms with Crippen LogP contribution in [-0.2, 0) is 16.1 Å². The number of fused-ring (bicyclic) bond motifs is 1. The van der Waals surface area contributed by atoms with E-state index in [0.717, 1.165) is 0 Å². The molecule has 0 radical (unpaired) electrons. The van der Waals surface area contributed by atoms with E-state index < -0.39 is 23.7 Å². The number of rotatable bonds is 4. The molecule has 1 N–H and O–H groups in total. The lowest BCUT2D eigenvalue weighted by Crippen LogP contribution is -2.31. The van der Waals surface area contributed by atoms with Gasteiger partial charge in [-0.15, -0.1) is 0 Å². The van der Waals surface area contributed by atoms with E-state index in [1.54, 1.807) is 13.0 Å². The summed E-state index contributed by atoms with van der Waals surface area (Å²) >= 11 is 0. The number of aliphatic carboxylic acids is 1. The summed E-state index contributed by atoms with van der Waals surface area (Å²) in [5.74, 6) is -2.05. The van der Waals surface area contributed by atoms with E-state index in [9.17, 15) is 14.0 Å². The molecule has 1 heterocycles. The first kappa shape index (κ1) is 15.3. The van der Waals surface area contributed by atoms with Gasteiger partial charge in [-0.25, -0.2) is 4.39 Å². The normalized spacial score (nSPS) is 18.3. The molecule has 0 aromatic heterocycles. The molecule has 114 valence electrons. The lowest BCUT2D eigenvalue weighted by Gasteiger charge is -2.23. The average Bonchev–Trinajstić information content (AvgIpc) is 2.76. The fraction of sp³-hybridized carbons (Fsp3) is 0.467. The number of benzene rings is 1. The molecular weight excluding hydrogens is 277 g/mol. The first-order valence-corrected chi connectivity index (χ1v) is 6.73. The highest BCUT2D eigenvalue weighted by atomic mass is 19.1. The maximum Gasteiger partial charge on any atom is 0.306 e. The summed E-state index contributed by atoms with van der Waals surface area (Å²) in [6, 6.07) is 2.60. The molecule has 1 aromatic carbocycles. The van der Waals surface area contributed by atoms with E-state index in [2.05, 4.69) is 0 Å². The van der Waals surface area contributed by atoms with Crippen LogP contribution in [0.2, 0.25) is 0 Å². The van der Waals surface area contributed by atoms with Gasteiger partial charge in [0.1, 0.15) is 11.6 Å². The third-order valence-electron chi connectivity index (χ3n) is 3.87. The van der Waals surface area contributed by atoms with Crippen molar-refractivity contribution in [2.45, 2.75) is 32.9 Å². The van der Waals surface area contributed by atoms with Crippen LogP contribution in [0.3, 0.4) is 0 Å². The molecule has 1 unspecified atom stereocenters. The summed E-state index contributed by atoms with van der Waals surface area (Å²) in [4.78, 5) is 24.6. The molecule has 0 saturated carbocycles. The van der Waals surface area contributed by atoms with Crippen molar-refractivity contribution < 1.29 is 23.8 Å². The fourth-order valence-electron chi connectivity index (χ4n) is 2.61. The van der Waals surface area contributed by atoms with Gasteiger partial charge in [-0.2, -0.15) is 0 Å². The highest BCUT2D eigenvalue weighted by Crippen LogP contribution is 2.38. The van der Waals surface area contributed by atoms with Gasteiger partial charge in [-0.3, -0.25) is 9.59 Å². The van der Waals surface area contributed by atoms with E-state index in [0.29, 0.717) is 16.9 Å². The van der Waals surface area contributed by atoms with Gasteiger partial charge in [0.25, 0.3) is 0 Å². The second-order valence-corrected chi connectivity index (χ2v) is 5.32. The summed E-state index contributed by atoms with van der Waals surface area (Å²) in [6.45, 7) is 3.50. The molecule has 1 aromatic rings. The number of carboxylic acids is 1. The van der Waals surface area contributed by atoms with Gasteiger partial charge >= 0.3 is 5.97 Å². The molecule has 0 aliphatic carbocycles. The second kappa shape index (κ2) is 5.71. The van der Waals surface area contributed by atoms with Crippen molar-refractivity contribution in [1.29, 1.82) is 0 Å². The number of halogens is 1. The minimum Gasteiger partial charge on any atom is -0.497 e. The molecule has 5 nitrogen and oxygen atoms in total. The Hall–Kier alpha value is -2.11. The zero-order valence-corrected chi connectivity index (χ0v) is 12.2. The Labute approximate surface area is 122 Å². The van der Waals surface area contributed by atoms with Crippen molar-refractivity contribution in [2.24, 2.45) is 5.92 Å². The third kappa shape index (κ3) is 2.84. The fourth-order valence-corrected chi connectivity index (χ4v) is 2.61. The predicted molar refractivity (Wildman–Crippen MR) is 73.3 cm³/mol. The molecule has 1 aliphatic rings. The Morgan fingerprint density at radius 1 is 1.52 bits per heavy atom. The van der Waals surface area contributed by atoms with Crippen LogP contribution in [0.25, 0.3) is 0 Å². The number of hydrogen-bond acceptors (Lipinski definition) is 3. The van der Waals surface area contributed by atoms with Gasteiger partial charge in [0, 0.05) is 24.6 Å². The Bertz CT molecular complexity index is 587. The minimum absolute atomic E-state index is 0.0909. The van der Waals surface area contributed by atoms with E-state index >= 15 is 0 Å². The highest BCUT2D eigenvalue weighted by Gasteiger charge is 2.34. The predicted octanol–water partition coefficient (Wildman–Crippen LogP) is 2.35.